The number of benzene rings is 2. The van der Waals surface area contributed by atoms with E-state index in [1.165, 1.54) is 5.56 Å². The van der Waals surface area contributed by atoms with E-state index in [-0.39, 0.29) is 12.0 Å². The Labute approximate surface area is 185 Å². The van der Waals surface area contributed by atoms with Gasteiger partial charge in [-0.1, -0.05) is 80.4 Å². The molecule has 2 aromatic rings. The molecule has 0 aromatic heterocycles. The van der Waals surface area contributed by atoms with Crippen LogP contribution in [0.5, 0.6) is 0 Å². The van der Waals surface area contributed by atoms with Crippen LogP contribution < -0.4 is 0 Å². The summed E-state index contributed by atoms with van der Waals surface area (Å²) >= 11 is 1.95. The molecule has 0 radical (unpaired) electrons. The molecule has 0 amide bonds. The van der Waals surface area contributed by atoms with Gasteiger partial charge in [0.25, 0.3) is 0 Å². The third-order valence-electron chi connectivity index (χ3n) is 6.19. The zero-order chi connectivity index (χ0) is 21.9. The molecule has 0 aliphatic heterocycles. The highest BCUT2D eigenvalue weighted by atomic mass is 32.2. The van der Waals surface area contributed by atoms with Gasteiger partial charge in [-0.15, -0.1) is 0 Å². The van der Waals surface area contributed by atoms with Gasteiger partial charge in [-0.05, 0) is 55.2 Å². The zero-order valence-corrected chi connectivity index (χ0v) is 19.2. The summed E-state index contributed by atoms with van der Waals surface area (Å²) in [5, 5.41) is 19.6. The lowest BCUT2D eigenvalue weighted by molar-refractivity contribution is -0.143. The lowest BCUT2D eigenvalue weighted by Gasteiger charge is -2.28. The average Bonchev–Trinajstić information content (AvgIpc) is 2.78. The highest BCUT2D eigenvalue weighted by Gasteiger charge is 2.34. The summed E-state index contributed by atoms with van der Waals surface area (Å²) in [6, 6.07) is 19.9. The first-order chi connectivity index (χ1) is 14.4. The maximum Gasteiger partial charge on any atom is 0.313 e. The summed E-state index contributed by atoms with van der Waals surface area (Å²) < 4.78 is 0. The third-order valence-corrected chi connectivity index (χ3v) is 7.34. The van der Waals surface area contributed by atoms with Gasteiger partial charge in [0.05, 0.1) is 12.0 Å². The Morgan fingerprint density at radius 3 is 1.80 bits per heavy atom. The summed E-state index contributed by atoms with van der Waals surface area (Å²) in [5.41, 5.74) is 1.12. The van der Waals surface area contributed by atoms with Crippen LogP contribution in [0.4, 0.5) is 0 Å². The van der Waals surface area contributed by atoms with E-state index in [0.717, 1.165) is 49.2 Å². The molecule has 0 saturated heterocycles. The van der Waals surface area contributed by atoms with Crippen LogP contribution in [0.2, 0.25) is 0 Å². The van der Waals surface area contributed by atoms with Crippen molar-refractivity contribution in [2.24, 2.45) is 0 Å². The van der Waals surface area contributed by atoms with Gasteiger partial charge in [-0.2, -0.15) is 11.8 Å². The SMILES string of the molecule is CC(CO)(CCCCSCCCCC(C)(C(=O)O)c1ccccc1)c1ccccc1. The van der Waals surface area contributed by atoms with Crippen LogP contribution in [0.25, 0.3) is 0 Å². The molecule has 0 aliphatic carbocycles. The summed E-state index contributed by atoms with van der Waals surface area (Å²) in [6.07, 6.45) is 5.86. The average molecular weight is 429 g/mol. The fourth-order valence-corrected chi connectivity index (χ4v) is 4.86. The van der Waals surface area contributed by atoms with Crippen LogP contribution in [-0.2, 0) is 15.6 Å². The van der Waals surface area contributed by atoms with E-state index in [4.69, 9.17) is 0 Å². The molecule has 164 valence electrons. The molecule has 3 nitrogen and oxygen atoms in total. The number of rotatable bonds is 14. The molecule has 2 rings (SSSR count). The van der Waals surface area contributed by atoms with Gasteiger partial charge < -0.3 is 10.2 Å². The number of carboxylic acid groups (broad SMARTS) is 1. The summed E-state index contributed by atoms with van der Waals surface area (Å²) in [7, 11) is 0. The lowest BCUT2D eigenvalue weighted by atomic mass is 9.78. The maximum absolute atomic E-state index is 11.8. The maximum atomic E-state index is 11.8. The van der Waals surface area contributed by atoms with Gasteiger partial charge in [-0.3, -0.25) is 4.79 Å². The van der Waals surface area contributed by atoms with Gasteiger partial charge in [0.15, 0.2) is 0 Å². The van der Waals surface area contributed by atoms with E-state index in [2.05, 4.69) is 19.1 Å². The molecule has 2 unspecified atom stereocenters. The van der Waals surface area contributed by atoms with Crippen LogP contribution in [0.1, 0.15) is 63.5 Å². The molecule has 0 fully saturated rings. The molecule has 30 heavy (non-hydrogen) atoms. The van der Waals surface area contributed by atoms with Crippen molar-refractivity contribution in [3.8, 4) is 0 Å². The molecular formula is C26H36O3S. The number of hydrogen-bond donors (Lipinski definition) is 2. The fourth-order valence-electron chi connectivity index (χ4n) is 3.84. The Hall–Kier alpha value is -1.78. The number of thioether (sulfide) groups is 1. The predicted molar refractivity (Wildman–Crippen MR) is 127 cm³/mol. The van der Waals surface area contributed by atoms with Crippen molar-refractivity contribution >= 4 is 17.7 Å². The minimum Gasteiger partial charge on any atom is -0.481 e. The number of aliphatic hydroxyl groups excluding tert-OH is 1. The van der Waals surface area contributed by atoms with E-state index >= 15 is 0 Å². The molecule has 2 atom stereocenters. The van der Waals surface area contributed by atoms with Gasteiger partial charge in [0.2, 0.25) is 0 Å². The number of aliphatic carboxylic acids is 1. The summed E-state index contributed by atoms with van der Waals surface area (Å²) in [5.74, 6) is 1.44. The molecular weight excluding hydrogens is 392 g/mol. The van der Waals surface area contributed by atoms with Crippen LogP contribution in [-0.4, -0.2) is 34.3 Å². The second-order valence-electron chi connectivity index (χ2n) is 8.61. The largest absolute Gasteiger partial charge is 0.481 e. The molecule has 0 spiro atoms. The number of hydrogen-bond acceptors (Lipinski definition) is 3. The number of unbranched alkanes of at least 4 members (excludes halogenated alkanes) is 2. The van der Waals surface area contributed by atoms with Crippen molar-refractivity contribution in [3.05, 3.63) is 71.8 Å². The van der Waals surface area contributed by atoms with Crippen molar-refractivity contribution in [1.82, 2.24) is 0 Å². The Balaban J connectivity index is 1.63. The third kappa shape index (κ3) is 6.88. The Morgan fingerprint density at radius 2 is 1.30 bits per heavy atom. The normalized spacial score (nSPS) is 15.3. The summed E-state index contributed by atoms with van der Waals surface area (Å²) in [4.78, 5) is 11.8. The smallest absolute Gasteiger partial charge is 0.313 e. The quantitative estimate of drug-likeness (QED) is 0.360. The van der Waals surface area contributed by atoms with Crippen molar-refractivity contribution in [3.63, 3.8) is 0 Å². The summed E-state index contributed by atoms with van der Waals surface area (Å²) in [6.45, 7) is 4.15. The van der Waals surface area contributed by atoms with Crippen LogP contribution in [0.3, 0.4) is 0 Å². The van der Waals surface area contributed by atoms with E-state index < -0.39 is 11.4 Å². The van der Waals surface area contributed by atoms with Gasteiger partial charge >= 0.3 is 5.97 Å². The monoisotopic (exact) mass is 428 g/mol. The van der Waals surface area contributed by atoms with Crippen molar-refractivity contribution in [2.75, 3.05) is 18.1 Å². The standard InChI is InChI=1S/C26H36O3S/c1-25(21-27,22-13-5-3-6-14-22)17-9-11-19-30-20-12-10-18-26(2,24(28)29)23-15-7-4-8-16-23/h3-8,13-16,27H,9-12,17-21H2,1-2H3,(H,28,29). The molecule has 2 aromatic carbocycles. The fraction of sp³-hybridized carbons (Fsp3) is 0.500. The van der Waals surface area contributed by atoms with Crippen molar-refractivity contribution < 1.29 is 15.0 Å². The van der Waals surface area contributed by atoms with Crippen LogP contribution in [0.15, 0.2) is 60.7 Å². The highest BCUT2D eigenvalue weighted by Crippen LogP contribution is 2.31. The molecule has 2 N–H and O–H groups in total. The lowest BCUT2D eigenvalue weighted by Crippen LogP contribution is -2.32. The van der Waals surface area contributed by atoms with Crippen molar-refractivity contribution in [2.45, 2.75) is 63.2 Å². The molecule has 0 bridgehead atoms. The van der Waals surface area contributed by atoms with E-state index in [0.29, 0.717) is 6.42 Å². The Morgan fingerprint density at radius 1 is 0.800 bits per heavy atom. The first kappa shape index (κ1) is 24.5. The van der Waals surface area contributed by atoms with Gasteiger partial charge in [0.1, 0.15) is 0 Å². The molecule has 0 heterocycles. The minimum atomic E-state index is -0.807. The predicted octanol–water partition coefficient (Wildman–Crippen LogP) is 6.05. The minimum absolute atomic E-state index is 0.162. The first-order valence-corrected chi connectivity index (χ1v) is 12.1. The molecule has 0 saturated carbocycles. The Bertz CT molecular complexity index is 749. The molecule has 0 aliphatic rings. The molecule has 4 heteroatoms. The zero-order valence-electron chi connectivity index (χ0n) is 18.3. The van der Waals surface area contributed by atoms with Gasteiger partial charge in [-0.25, -0.2) is 0 Å². The number of aliphatic hydroxyl groups is 1. The van der Waals surface area contributed by atoms with Crippen molar-refractivity contribution in [1.29, 1.82) is 0 Å². The second kappa shape index (κ2) is 12.2. The topological polar surface area (TPSA) is 57.5 Å². The Kier molecular flexibility index (Phi) is 9.93. The first-order valence-electron chi connectivity index (χ1n) is 11.0. The van der Waals surface area contributed by atoms with Crippen LogP contribution >= 0.6 is 11.8 Å². The van der Waals surface area contributed by atoms with E-state index in [9.17, 15) is 15.0 Å². The highest BCUT2D eigenvalue weighted by molar-refractivity contribution is 7.99. The second-order valence-corrected chi connectivity index (χ2v) is 9.84. The van der Waals surface area contributed by atoms with E-state index in [1.807, 2.05) is 67.2 Å². The van der Waals surface area contributed by atoms with E-state index in [1.54, 1.807) is 0 Å². The number of carbonyl (C=O) groups is 1. The van der Waals surface area contributed by atoms with Gasteiger partial charge in [0, 0.05) is 5.41 Å². The van der Waals surface area contributed by atoms with Crippen LogP contribution in [0, 0.1) is 0 Å². The number of carboxylic acids is 1.